The summed E-state index contributed by atoms with van der Waals surface area (Å²) in [6.07, 6.45) is 2.48. The molecule has 2 aliphatic rings. The highest BCUT2D eigenvalue weighted by molar-refractivity contribution is 7.09. The zero-order valence-electron chi connectivity index (χ0n) is 11.7. The Labute approximate surface area is 126 Å². The van der Waals surface area contributed by atoms with Gasteiger partial charge in [-0.2, -0.15) is 4.37 Å². The molecule has 3 heterocycles. The van der Waals surface area contributed by atoms with E-state index in [1.807, 2.05) is 6.07 Å². The minimum absolute atomic E-state index is 0.0480. The van der Waals surface area contributed by atoms with E-state index in [9.17, 15) is 4.79 Å². The van der Waals surface area contributed by atoms with Crippen LogP contribution < -0.4 is 15.4 Å². The molecule has 2 fully saturated rings. The van der Waals surface area contributed by atoms with Crippen molar-refractivity contribution >= 4 is 22.5 Å². The lowest BCUT2D eigenvalue weighted by Gasteiger charge is -2.35. The molecule has 0 radical (unpaired) electrons. The molecule has 1 saturated carbocycles. The van der Waals surface area contributed by atoms with E-state index in [-0.39, 0.29) is 5.56 Å². The Morgan fingerprint density at radius 2 is 1.90 bits per heavy atom. The van der Waals surface area contributed by atoms with Gasteiger partial charge in [0.2, 0.25) is 10.7 Å². The Hall–Kier alpha value is -1.89. The Kier molecular flexibility index (Phi) is 3.14. The van der Waals surface area contributed by atoms with Crippen LogP contribution in [0.1, 0.15) is 24.6 Å². The van der Waals surface area contributed by atoms with E-state index in [0.717, 1.165) is 43.0 Å². The molecule has 110 valence electrons. The number of aromatic nitrogens is 3. The van der Waals surface area contributed by atoms with Crippen LogP contribution in [0.4, 0.5) is 10.9 Å². The molecule has 0 bridgehead atoms. The molecule has 0 atom stereocenters. The van der Waals surface area contributed by atoms with Gasteiger partial charge in [-0.15, -0.1) is 0 Å². The van der Waals surface area contributed by atoms with Crippen LogP contribution >= 0.6 is 11.5 Å². The average molecular weight is 303 g/mol. The summed E-state index contributed by atoms with van der Waals surface area (Å²) in [4.78, 5) is 23.4. The Morgan fingerprint density at radius 1 is 1.14 bits per heavy atom. The van der Waals surface area contributed by atoms with Gasteiger partial charge in [0.05, 0.1) is 0 Å². The second kappa shape index (κ2) is 5.14. The summed E-state index contributed by atoms with van der Waals surface area (Å²) in [7, 11) is 0. The molecule has 0 unspecified atom stereocenters. The molecule has 1 aliphatic heterocycles. The number of hydrogen-bond donors (Lipinski definition) is 1. The summed E-state index contributed by atoms with van der Waals surface area (Å²) in [5, 5.41) is 1.04. The maximum Gasteiger partial charge on any atom is 0.249 e. The summed E-state index contributed by atoms with van der Waals surface area (Å²) in [6, 6.07) is 5.29. The third-order valence-electron chi connectivity index (χ3n) is 4.02. The Balaban J connectivity index is 1.42. The normalized spacial score (nSPS) is 19.0. The number of H-pyrrole nitrogens is 1. The highest BCUT2D eigenvalue weighted by atomic mass is 32.1. The first-order valence-electron chi connectivity index (χ1n) is 7.32. The molecule has 2 aromatic rings. The minimum atomic E-state index is -0.0480. The van der Waals surface area contributed by atoms with Gasteiger partial charge < -0.3 is 14.8 Å². The maximum absolute atomic E-state index is 11.4. The molecule has 1 saturated heterocycles. The van der Waals surface area contributed by atoms with E-state index in [4.69, 9.17) is 0 Å². The van der Waals surface area contributed by atoms with E-state index in [1.165, 1.54) is 24.4 Å². The van der Waals surface area contributed by atoms with Crippen LogP contribution in [-0.4, -0.2) is 40.5 Å². The fourth-order valence-electron chi connectivity index (χ4n) is 2.62. The van der Waals surface area contributed by atoms with Crippen molar-refractivity contribution in [1.29, 1.82) is 0 Å². The number of rotatable bonds is 3. The fraction of sp³-hybridized carbons (Fsp3) is 0.500. The number of piperazine rings is 1. The Morgan fingerprint density at radius 3 is 2.62 bits per heavy atom. The highest BCUT2D eigenvalue weighted by Gasteiger charge is 2.29. The summed E-state index contributed by atoms with van der Waals surface area (Å²) in [5.41, 5.74) is -0.0480. The van der Waals surface area contributed by atoms with Crippen LogP contribution in [0, 0.1) is 0 Å². The largest absolute Gasteiger partial charge is 0.355 e. The predicted molar refractivity (Wildman–Crippen MR) is 83.4 cm³/mol. The highest BCUT2D eigenvalue weighted by Crippen LogP contribution is 2.39. The predicted octanol–water partition coefficient (Wildman–Crippen LogP) is 1.43. The van der Waals surface area contributed by atoms with Crippen LogP contribution in [0.2, 0.25) is 0 Å². The topological polar surface area (TPSA) is 65.1 Å². The van der Waals surface area contributed by atoms with Crippen LogP contribution in [-0.2, 0) is 0 Å². The van der Waals surface area contributed by atoms with Crippen molar-refractivity contribution < 1.29 is 0 Å². The van der Waals surface area contributed by atoms with Gasteiger partial charge in [0.25, 0.3) is 0 Å². The SMILES string of the molecule is O=c1cccc(N2CCN(c3nc(C4CC4)ns3)CC2)[nH]1. The zero-order valence-corrected chi connectivity index (χ0v) is 12.5. The third-order valence-corrected chi connectivity index (χ3v) is 4.81. The first kappa shape index (κ1) is 12.8. The number of nitrogens with zero attached hydrogens (tertiary/aromatic N) is 4. The molecule has 1 N–H and O–H groups in total. The number of nitrogens with one attached hydrogen (secondary N) is 1. The van der Waals surface area contributed by atoms with Gasteiger partial charge in [0.15, 0.2) is 0 Å². The standard InChI is InChI=1S/C14H17N5OS/c20-12-3-1-2-11(15-12)18-6-8-19(9-7-18)14-16-13(17-21-14)10-4-5-10/h1-3,10H,4-9H2,(H,15,20). The van der Waals surface area contributed by atoms with Crippen LogP contribution in [0.15, 0.2) is 23.0 Å². The molecule has 4 rings (SSSR count). The van der Waals surface area contributed by atoms with E-state index in [1.54, 1.807) is 12.1 Å². The van der Waals surface area contributed by atoms with E-state index >= 15 is 0 Å². The molecule has 7 heteroatoms. The number of pyridine rings is 1. The van der Waals surface area contributed by atoms with Crippen molar-refractivity contribution in [2.24, 2.45) is 0 Å². The molecule has 0 aromatic carbocycles. The lowest BCUT2D eigenvalue weighted by molar-refractivity contribution is 0.644. The lowest BCUT2D eigenvalue weighted by Crippen LogP contribution is -2.47. The van der Waals surface area contributed by atoms with Gasteiger partial charge in [-0.1, -0.05) is 6.07 Å². The van der Waals surface area contributed by atoms with Crippen LogP contribution in [0.25, 0.3) is 0 Å². The smallest absolute Gasteiger partial charge is 0.249 e. The van der Waals surface area contributed by atoms with Gasteiger partial charge in [0, 0.05) is 49.7 Å². The summed E-state index contributed by atoms with van der Waals surface area (Å²) in [5.74, 6) is 2.55. The van der Waals surface area contributed by atoms with Crippen molar-refractivity contribution in [3.63, 3.8) is 0 Å². The second-order valence-electron chi connectivity index (χ2n) is 5.58. The van der Waals surface area contributed by atoms with Crippen molar-refractivity contribution in [3.05, 3.63) is 34.4 Å². The Bertz CT molecular complexity index is 684. The maximum atomic E-state index is 11.4. The number of anilines is 2. The summed E-state index contributed by atoms with van der Waals surface area (Å²) >= 11 is 1.51. The van der Waals surface area contributed by atoms with Gasteiger partial charge in [0.1, 0.15) is 11.6 Å². The molecule has 2 aromatic heterocycles. The first-order valence-corrected chi connectivity index (χ1v) is 8.10. The van der Waals surface area contributed by atoms with Gasteiger partial charge in [-0.25, -0.2) is 4.98 Å². The fourth-order valence-corrected chi connectivity index (χ4v) is 3.42. The van der Waals surface area contributed by atoms with E-state index < -0.39 is 0 Å². The monoisotopic (exact) mass is 303 g/mol. The molecule has 6 nitrogen and oxygen atoms in total. The summed E-state index contributed by atoms with van der Waals surface area (Å²) in [6.45, 7) is 3.60. The number of aromatic amines is 1. The lowest BCUT2D eigenvalue weighted by atomic mass is 10.3. The van der Waals surface area contributed by atoms with Crippen molar-refractivity contribution in [3.8, 4) is 0 Å². The van der Waals surface area contributed by atoms with Crippen LogP contribution in [0.3, 0.4) is 0 Å². The molecular formula is C14H17N5OS. The molecule has 1 aliphatic carbocycles. The van der Waals surface area contributed by atoms with Crippen molar-refractivity contribution in [2.45, 2.75) is 18.8 Å². The van der Waals surface area contributed by atoms with Crippen LogP contribution in [0.5, 0.6) is 0 Å². The number of hydrogen-bond acceptors (Lipinski definition) is 6. The van der Waals surface area contributed by atoms with E-state index in [0.29, 0.717) is 5.92 Å². The van der Waals surface area contributed by atoms with Crippen molar-refractivity contribution in [1.82, 2.24) is 14.3 Å². The quantitative estimate of drug-likeness (QED) is 0.929. The van der Waals surface area contributed by atoms with Crippen molar-refractivity contribution in [2.75, 3.05) is 36.0 Å². The van der Waals surface area contributed by atoms with Gasteiger partial charge in [-0.3, -0.25) is 4.79 Å². The van der Waals surface area contributed by atoms with Gasteiger partial charge in [-0.05, 0) is 18.9 Å². The zero-order chi connectivity index (χ0) is 14.2. The average Bonchev–Trinajstić information content (AvgIpc) is 3.25. The molecule has 0 spiro atoms. The van der Waals surface area contributed by atoms with E-state index in [2.05, 4.69) is 24.1 Å². The second-order valence-corrected chi connectivity index (χ2v) is 6.31. The molecule has 21 heavy (non-hydrogen) atoms. The third kappa shape index (κ3) is 2.65. The summed E-state index contributed by atoms with van der Waals surface area (Å²) < 4.78 is 4.47. The van der Waals surface area contributed by atoms with Gasteiger partial charge >= 0.3 is 0 Å². The molecule has 0 amide bonds. The minimum Gasteiger partial charge on any atom is -0.355 e. The first-order chi connectivity index (χ1) is 10.3. The molecular weight excluding hydrogens is 286 g/mol.